The summed E-state index contributed by atoms with van der Waals surface area (Å²) in [5.41, 5.74) is 2.45. The van der Waals surface area contributed by atoms with E-state index in [4.69, 9.17) is 16.3 Å². The van der Waals surface area contributed by atoms with Crippen LogP contribution in [0, 0.1) is 12.7 Å². The molecule has 0 saturated carbocycles. The number of fused-ring (bicyclic) bond motifs is 3. The number of carbonyl (C=O) groups is 1. The Hall–Kier alpha value is -2.61. The van der Waals surface area contributed by atoms with Crippen LogP contribution in [0.4, 0.5) is 4.39 Å². The lowest BCUT2D eigenvalue weighted by Crippen LogP contribution is -2.41. The zero-order valence-electron chi connectivity index (χ0n) is 18.9. The summed E-state index contributed by atoms with van der Waals surface area (Å²) in [4.78, 5) is 29.4. The minimum atomic E-state index is -0.347. The molecule has 176 valence electrons. The molecule has 2 unspecified atom stereocenters. The Balaban J connectivity index is 1.73. The monoisotopic (exact) mass is 498 g/mol. The summed E-state index contributed by atoms with van der Waals surface area (Å²) < 4.78 is 22.3. The largest absolute Gasteiger partial charge is 0.379 e. The van der Waals surface area contributed by atoms with Gasteiger partial charge in [0.1, 0.15) is 11.4 Å². The number of hydrogen-bond donors (Lipinski definition) is 0. The summed E-state index contributed by atoms with van der Waals surface area (Å²) in [6.45, 7) is 2.89. The van der Waals surface area contributed by atoms with Crippen molar-refractivity contribution in [3.05, 3.63) is 92.1 Å². The van der Waals surface area contributed by atoms with Crippen LogP contribution in [-0.4, -0.2) is 41.7 Å². The number of amides is 1. The molecule has 3 heterocycles. The van der Waals surface area contributed by atoms with Crippen LogP contribution in [0.25, 0.3) is 5.69 Å². The number of aryl methyl sites for hydroxylation is 1. The van der Waals surface area contributed by atoms with Crippen LogP contribution < -0.4 is 5.43 Å². The maximum atomic E-state index is 14.9. The molecule has 0 bridgehead atoms. The quantitative estimate of drug-likeness (QED) is 0.498. The average Bonchev–Trinajstić information content (AvgIpc) is 3.28. The second kappa shape index (κ2) is 9.21. The van der Waals surface area contributed by atoms with Crippen molar-refractivity contribution in [3.8, 4) is 5.69 Å². The third kappa shape index (κ3) is 4.06. The summed E-state index contributed by atoms with van der Waals surface area (Å²) in [5, 5.41) is 0.220. The number of pyridine rings is 1. The van der Waals surface area contributed by atoms with Crippen molar-refractivity contribution in [2.75, 3.05) is 20.3 Å². The molecule has 0 radical (unpaired) electrons. The molecular formula is C26H24ClFN2O3S. The molecular weight excluding hydrogens is 475 g/mol. The van der Waals surface area contributed by atoms with E-state index in [0.717, 1.165) is 17.0 Å². The van der Waals surface area contributed by atoms with Gasteiger partial charge in [0.05, 0.1) is 18.3 Å². The molecule has 3 aromatic rings. The first-order valence-electron chi connectivity index (χ1n) is 11.2. The predicted octanol–water partition coefficient (Wildman–Crippen LogP) is 5.19. The Bertz CT molecular complexity index is 1340. The van der Waals surface area contributed by atoms with E-state index in [0.29, 0.717) is 41.6 Å². The van der Waals surface area contributed by atoms with E-state index >= 15 is 0 Å². The number of carbonyl (C=O) groups excluding carboxylic acids is 1. The van der Waals surface area contributed by atoms with Crippen molar-refractivity contribution in [3.63, 3.8) is 0 Å². The summed E-state index contributed by atoms with van der Waals surface area (Å²) >= 11 is 7.82. The Morgan fingerprint density at radius 3 is 2.76 bits per heavy atom. The van der Waals surface area contributed by atoms with Crippen LogP contribution in [0.15, 0.2) is 58.2 Å². The molecule has 2 atom stereocenters. The third-order valence-electron chi connectivity index (χ3n) is 6.55. The van der Waals surface area contributed by atoms with Crippen LogP contribution >= 0.6 is 23.4 Å². The molecule has 0 aliphatic carbocycles. The number of thioether (sulfide) groups is 1. The highest BCUT2D eigenvalue weighted by molar-refractivity contribution is 7.99. The van der Waals surface area contributed by atoms with Crippen molar-refractivity contribution < 1.29 is 13.9 Å². The molecule has 2 aromatic carbocycles. The molecule has 2 aliphatic heterocycles. The van der Waals surface area contributed by atoms with Gasteiger partial charge in [0, 0.05) is 58.3 Å². The number of likely N-dealkylation sites (N-methyl/N-ethyl adjacent to an activating group) is 1. The van der Waals surface area contributed by atoms with Gasteiger partial charge in [0.25, 0.3) is 5.91 Å². The number of ether oxygens (including phenoxy) is 1. The van der Waals surface area contributed by atoms with Gasteiger partial charge in [-0.25, -0.2) is 4.39 Å². The summed E-state index contributed by atoms with van der Waals surface area (Å²) in [7, 11) is 1.71. The number of benzene rings is 2. The summed E-state index contributed by atoms with van der Waals surface area (Å²) in [6.07, 6.45) is 1.04. The van der Waals surface area contributed by atoms with Crippen molar-refractivity contribution in [1.82, 2.24) is 9.47 Å². The predicted molar refractivity (Wildman–Crippen MR) is 132 cm³/mol. The van der Waals surface area contributed by atoms with Crippen LogP contribution in [-0.2, 0) is 11.2 Å². The molecule has 1 amide bonds. The molecule has 1 saturated heterocycles. The summed E-state index contributed by atoms with van der Waals surface area (Å²) in [6, 6.07) is 13.6. The van der Waals surface area contributed by atoms with Crippen LogP contribution in [0.2, 0.25) is 5.02 Å². The highest BCUT2D eigenvalue weighted by atomic mass is 35.5. The Labute approximate surface area is 206 Å². The first-order chi connectivity index (χ1) is 16.3. The Morgan fingerprint density at radius 2 is 2.03 bits per heavy atom. The lowest BCUT2D eigenvalue weighted by atomic mass is 10.0. The zero-order valence-corrected chi connectivity index (χ0v) is 20.5. The molecule has 1 fully saturated rings. The van der Waals surface area contributed by atoms with Gasteiger partial charge in [-0.1, -0.05) is 29.8 Å². The normalized spacial score (nSPS) is 19.3. The van der Waals surface area contributed by atoms with Crippen molar-refractivity contribution in [1.29, 1.82) is 0 Å². The second-order valence-corrected chi connectivity index (χ2v) is 10.4. The Kier molecular flexibility index (Phi) is 6.27. The Morgan fingerprint density at radius 1 is 1.24 bits per heavy atom. The first kappa shape index (κ1) is 23.1. The van der Waals surface area contributed by atoms with Gasteiger partial charge in [-0.2, -0.15) is 0 Å². The van der Waals surface area contributed by atoms with E-state index in [1.54, 1.807) is 36.2 Å². The van der Waals surface area contributed by atoms with Crippen LogP contribution in [0.1, 0.15) is 39.0 Å². The van der Waals surface area contributed by atoms with Gasteiger partial charge in [0.15, 0.2) is 5.43 Å². The lowest BCUT2D eigenvalue weighted by Gasteiger charge is -2.26. The molecule has 5 nitrogen and oxygen atoms in total. The second-order valence-electron chi connectivity index (χ2n) is 8.68. The highest BCUT2D eigenvalue weighted by Crippen LogP contribution is 2.45. The fraction of sp³-hybridized carbons (Fsp3) is 0.308. The van der Waals surface area contributed by atoms with Gasteiger partial charge in [-0.05, 0) is 37.6 Å². The molecule has 5 rings (SSSR count). The molecule has 34 heavy (non-hydrogen) atoms. The number of rotatable bonds is 3. The number of aromatic nitrogens is 1. The molecule has 8 heteroatoms. The van der Waals surface area contributed by atoms with Crippen LogP contribution in [0.3, 0.4) is 0 Å². The fourth-order valence-corrected chi connectivity index (χ4v) is 6.35. The van der Waals surface area contributed by atoms with Crippen molar-refractivity contribution >= 4 is 29.3 Å². The SMILES string of the molecule is Cc1cc(=O)c(C(=O)N(C)C2CCOC2)c2n1-c1ccc(Cl)cc1SC(c1ccccc1F)C2. The smallest absolute Gasteiger partial charge is 0.259 e. The lowest BCUT2D eigenvalue weighted by molar-refractivity contribution is 0.0708. The standard InChI is InChI=1S/C26H24ClFN2O3S/c1-15-11-22(31)25(26(32)29(2)17-9-10-33-14-17)21-13-23(18-5-3-4-6-19(18)28)34-24-12-16(27)7-8-20(24)30(15)21/h3-8,11-12,17,23H,9-10,13-14H2,1-2H3. The third-order valence-corrected chi connectivity index (χ3v) is 8.07. The zero-order chi connectivity index (χ0) is 24.0. The van der Waals surface area contributed by atoms with E-state index in [-0.39, 0.29) is 34.0 Å². The van der Waals surface area contributed by atoms with Gasteiger partial charge in [-0.15, -0.1) is 11.8 Å². The maximum Gasteiger partial charge on any atom is 0.259 e. The minimum absolute atomic E-state index is 0.0811. The van der Waals surface area contributed by atoms with E-state index in [9.17, 15) is 14.0 Å². The average molecular weight is 499 g/mol. The first-order valence-corrected chi connectivity index (χ1v) is 12.4. The van der Waals surface area contributed by atoms with E-state index < -0.39 is 0 Å². The van der Waals surface area contributed by atoms with Gasteiger partial charge >= 0.3 is 0 Å². The molecule has 1 aromatic heterocycles. The van der Waals surface area contributed by atoms with Gasteiger partial charge in [0.2, 0.25) is 0 Å². The fourth-order valence-electron chi connectivity index (χ4n) is 4.77. The minimum Gasteiger partial charge on any atom is -0.379 e. The van der Waals surface area contributed by atoms with Crippen LogP contribution in [0.5, 0.6) is 0 Å². The molecule has 0 N–H and O–H groups in total. The van der Waals surface area contributed by atoms with E-state index in [2.05, 4.69) is 0 Å². The van der Waals surface area contributed by atoms with E-state index in [1.807, 2.05) is 23.6 Å². The van der Waals surface area contributed by atoms with E-state index in [1.165, 1.54) is 23.9 Å². The number of hydrogen-bond acceptors (Lipinski definition) is 4. The van der Waals surface area contributed by atoms with Crippen molar-refractivity contribution in [2.24, 2.45) is 0 Å². The number of halogens is 2. The highest BCUT2D eigenvalue weighted by Gasteiger charge is 2.33. The van der Waals surface area contributed by atoms with Gasteiger partial charge < -0.3 is 14.2 Å². The molecule has 2 aliphatic rings. The molecule has 0 spiro atoms. The van der Waals surface area contributed by atoms with Gasteiger partial charge in [-0.3, -0.25) is 9.59 Å². The maximum absolute atomic E-state index is 14.9. The topological polar surface area (TPSA) is 51.5 Å². The summed E-state index contributed by atoms with van der Waals surface area (Å²) in [5.74, 6) is -0.654. The number of nitrogens with zero attached hydrogens (tertiary/aromatic N) is 2. The van der Waals surface area contributed by atoms with Crippen molar-refractivity contribution in [2.45, 2.75) is 36.0 Å².